The van der Waals surface area contributed by atoms with E-state index in [1.807, 2.05) is 29.1 Å². The lowest BCUT2D eigenvalue weighted by Crippen LogP contribution is -2.08. The number of pyridine rings is 1. The van der Waals surface area contributed by atoms with Gasteiger partial charge in [0.05, 0.1) is 16.8 Å². The van der Waals surface area contributed by atoms with Crippen molar-refractivity contribution in [2.24, 2.45) is 0 Å². The zero-order valence-electron chi connectivity index (χ0n) is 11.8. The zero-order valence-corrected chi connectivity index (χ0v) is 12.6. The minimum Gasteiger partial charge on any atom is -0.383 e. The van der Waals surface area contributed by atoms with Crippen LogP contribution in [0.15, 0.2) is 42.9 Å². The lowest BCUT2D eigenvalue weighted by atomic mass is 10.1. The van der Waals surface area contributed by atoms with Gasteiger partial charge >= 0.3 is 0 Å². The Morgan fingerprint density at radius 2 is 2.27 bits per heavy atom. The number of hydrogen-bond donors (Lipinski definition) is 1. The van der Waals surface area contributed by atoms with E-state index in [4.69, 9.17) is 11.6 Å². The van der Waals surface area contributed by atoms with Crippen LogP contribution >= 0.6 is 11.6 Å². The largest absolute Gasteiger partial charge is 0.383 e. The molecule has 0 aliphatic carbocycles. The van der Waals surface area contributed by atoms with Crippen LogP contribution in [0.3, 0.4) is 0 Å². The molecule has 0 saturated heterocycles. The van der Waals surface area contributed by atoms with Crippen molar-refractivity contribution < 1.29 is 0 Å². The third kappa shape index (κ3) is 3.02. The van der Waals surface area contributed by atoms with Crippen molar-refractivity contribution in [3.8, 4) is 6.07 Å². The molecule has 110 valence electrons. The highest BCUT2D eigenvalue weighted by Crippen LogP contribution is 2.28. The number of nitrogens with one attached hydrogen (secondary N) is 1. The zero-order chi connectivity index (χ0) is 15.4. The van der Waals surface area contributed by atoms with Gasteiger partial charge in [-0.05, 0) is 30.7 Å². The van der Waals surface area contributed by atoms with E-state index in [1.165, 1.54) is 0 Å². The van der Waals surface area contributed by atoms with Crippen LogP contribution in [0.2, 0.25) is 5.02 Å². The minimum absolute atomic E-state index is 0.522. The average molecular weight is 312 g/mol. The number of anilines is 1. The molecule has 22 heavy (non-hydrogen) atoms. The lowest BCUT2D eigenvalue weighted by molar-refractivity contribution is 0.592. The summed E-state index contributed by atoms with van der Waals surface area (Å²) < 4.78 is 1.88. The Labute approximate surface area is 133 Å². The number of benzene rings is 1. The normalized spacial score (nSPS) is 10.5. The van der Waals surface area contributed by atoms with E-state index >= 15 is 0 Å². The smallest absolute Gasteiger partial charge is 0.103 e. The van der Waals surface area contributed by atoms with Gasteiger partial charge in [0.25, 0.3) is 0 Å². The molecule has 0 aliphatic rings. The minimum atomic E-state index is 0.522. The van der Waals surface area contributed by atoms with Crippen LogP contribution < -0.4 is 5.32 Å². The molecule has 2 aromatic heterocycles. The SMILES string of the molecule is N#Cc1cnc2ccc(Cl)cc2c1NCCCn1cccn1. The maximum absolute atomic E-state index is 9.28. The van der Waals surface area contributed by atoms with Crippen molar-refractivity contribution >= 4 is 28.2 Å². The molecule has 0 bridgehead atoms. The number of aryl methyl sites for hydroxylation is 1. The summed E-state index contributed by atoms with van der Waals surface area (Å²) in [5.41, 5.74) is 2.13. The molecular weight excluding hydrogens is 298 g/mol. The quantitative estimate of drug-likeness (QED) is 0.733. The third-order valence-electron chi connectivity index (χ3n) is 3.38. The Morgan fingerprint density at radius 1 is 1.36 bits per heavy atom. The number of halogens is 1. The summed E-state index contributed by atoms with van der Waals surface area (Å²) in [7, 11) is 0. The van der Waals surface area contributed by atoms with E-state index in [0.29, 0.717) is 10.6 Å². The monoisotopic (exact) mass is 311 g/mol. The second kappa shape index (κ2) is 6.46. The fourth-order valence-corrected chi connectivity index (χ4v) is 2.50. The Bertz CT molecular complexity index is 820. The summed E-state index contributed by atoms with van der Waals surface area (Å²) in [5, 5.41) is 18.3. The molecule has 0 spiro atoms. The molecule has 2 heterocycles. The molecule has 6 heteroatoms. The molecule has 0 unspecified atom stereocenters. The highest BCUT2D eigenvalue weighted by molar-refractivity contribution is 6.31. The Morgan fingerprint density at radius 3 is 3.05 bits per heavy atom. The van der Waals surface area contributed by atoms with Gasteiger partial charge in [-0.2, -0.15) is 10.4 Å². The van der Waals surface area contributed by atoms with E-state index in [0.717, 1.165) is 36.1 Å². The molecule has 3 aromatic rings. The molecular formula is C16H14ClN5. The van der Waals surface area contributed by atoms with Crippen LogP contribution in [0.1, 0.15) is 12.0 Å². The number of nitrogens with zero attached hydrogens (tertiary/aromatic N) is 4. The first kappa shape index (κ1) is 14.4. The van der Waals surface area contributed by atoms with Crippen LogP contribution in [0.5, 0.6) is 0 Å². The van der Waals surface area contributed by atoms with Gasteiger partial charge in [0.1, 0.15) is 6.07 Å². The first-order valence-corrected chi connectivity index (χ1v) is 7.35. The Kier molecular flexibility index (Phi) is 4.22. The second-order valence-corrected chi connectivity index (χ2v) is 5.31. The van der Waals surface area contributed by atoms with Crippen molar-refractivity contribution in [2.45, 2.75) is 13.0 Å². The van der Waals surface area contributed by atoms with Gasteiger partial charge in [0, 0.05) is 42.1 Å². The van der Waals surface area contributed by atoms with Crippen molar-refractivity contribution in [3.63, 3.8) is 0 Å². The number of fused-ring (bicyclic) bond motifs is 1. The average Bonchev–Trinajstić information content (AvgIpc) is 3.04. The van der Waals surface area contributed by atoms with Crippen molar-refractivity contribution in [2.75, 3.05) is 11.9 Å². The maximum Gasteiger partial charge on any atom is 0.103 e. The first-order chi connectivity index (χ1) is 10.8. The number of nitriles is 1. The van der Waals surface area contributed by atoms with Crippen LogP contribution in [0.25, 0.3) is 10.9 Å². The van der Waals surface area contributed by atoms with E-state index in [-0.39, 0.29) is 0 Å². The summed E-state index contributed by atoms with van der Waals surface area (Å²) in [6.45, 7) is 1.56. The molecule has 0 radical (unpaired) electrons. The van der Waals surface area contributed by atoms with Gasteiger partial charge < -0.3 is 5.32 Å². The van der Waals surface area contributed by atoms with Gasteiger partial charge in [-0.3, -0.25) is 9.67 Å². The predicted molar refractivity (Wildman–Crippen MR) is 86.8 cm³/mol. The van der Waals surface area contributed by atoms with Gasteiger partial charge in [-0.15, -0.1) is 0 Å². The molecule has 0 saturated carbocycles. The number of hydrogen-bond acceptors (Lipinski definition) is 4. The van der Waals surface area contributed by atoms with Crippen LogP contribution in [0.4, 0.5) is 5.69 Å². The summed E-state index contributed by atoms with van der Waals surface area (Å²) in [5.74, 6) is 0. The fraction of sp³-hybridized carbons (Fsp3) is 0.188. The van der Waals surface area contributed by atoms with Crippen LogP contribution in [-0.2, 0) is 6.54 Å². The second-order valence-electron chi connectivity index (χ2n) is 4.87. The molecule has 0 aliphatic heterocycles. The number of rotatable bonds is 5. The van der Waals surface area contributed by atoms with E-state index in [2.05, 4.69) is 21.5 Å². The molecule has 5 nitrogen and oxygen atoms in total. The highest BCUT2D eigenvalue weighted by atomic mass is 35.5. The fourth-order valence-electron chi connectivity index (χ4n) is 2.33. The Balaban J connectivity index is 1.79. The van der Waals surface area contributed by atoms with Crippen LogP contribution in [0, 0.1) is 11.3 Å². The molecule has 3 rings (SSSR count). The molecule has 0 atom stereocenters. The summed E-state index contributed by atoms with van der Waals surface area (Å²) in [6.07, 6.45) is 6.19. The van der Waals surface area contributed by atoms with Gasteiger partial charge in [-0.25, -0.2) is 0 Å². The van der Waals surface area contributed by atoms with Gasteiger partial charge in [0.2, 0.25) is 0 Å². The van der Waals surface area contributed by atoms with E-state index < -0.39 is 0 Å². The third-order valence-corrected chi connectivity index (χ3v) is 3.61. The van der Waals surface area contributed by atoms with E-state index in [9.17, 15) is 5.26 Å². The summed E-state index contributed by atoms with van der Waals surface area (Å²) in [6, 6.07) is 9.56. The first-order valence-electron chi connectivity index (χ1n) is 6.97. The summed E-state index contributed by atoms with van der Waals surface area (Å²) in [4.78, 5) is 4.29. The van der Waals surface area contributed by atoms with E-state index in [1.54, 1.807) is 18.5 Å². The predicted octanol–water partition coefficient (Wildman–Crippen LogP) is 3.46. The van der Waals surface area contributed by atoms with Crippen molar-refractivity contribution in [1.29, 1.82) is 5.26 Å². The van der Waals surface area contributed by atoms with Crippen molar-refractivity contribution in [1.82, 2.24) is 14.8 Å². The molecule has 0 fully saturated rings. The van der Waals surface area contributed by atoms with Crippen LogP contribution in [-0.4, -0.2) is 21.3 Å². The standard InChI is InChI=1S/C16H14ClN5/c17-13-3-4-15-14(9-13)16(12(10-18)11-20-15)19-5-1-7-22-8-2-6-21-22/h2-4,6,8-9,11H,1,5,7H2,(H,19,20). The number of aromatic nitrogens is 3. The molecule has 0 amide bonds. The topological polar surface area (TPSA) is 66.5 Å². The molecule has 1 N–H and O–H groups in total. The van der Waals surface area contributed by atoms with Gasteiger partial charge in [-0.1, -0.05) is 11.6 Å². The lowest BCUT2D eigenvalue weighted by Gasteiger charge is -2.11. The van der Waals surface area contributed by atoms with Gasteiger partial charge in [0.15, 0.2) is 0 Å². The van der Waals surface area contributed by atoms with Crippen molar-refractivity contribution in [3.05, 3.63) is 53.4 Å². The molecule has 1 aromatic carbocycles. The highest BCUT2D eigenvalue weighted by Gasteiger charge is 2.09. The Hall–Kier alpha value is -2.58. The summed E-state index contributed by atoms with van der Waals surface area (Å²) >= 11 is 6.06. The maximum atomic E-state index is 9.28.